The molecule has 6 nitrogen and oxygen atoms in total. The van der Waals surface area contributed by atoms with Crippen molar-refractivity contribution in [3.8, 4) is 0 Å². The number of carbonyl (C=O) groups is 3. The van der Waals surface area contributed by atoms with E-state index in [1.807, 2.05) is 0 Å². The number of nitrogens with zero attached hydrogens (tertiary/aromatic N) is 2. The van der Waals surface area contributed by atoms with Crippen molar-refractivity contribution in [3.63, 3.8) is 0 Å². The van der Waals surface area contributed by atoms with Crippen LogP contribution in [0.5, 0.6) is 0 Å². The third-order valence-corrected chi connectivity index (χ3v) is 4.63. The van der Waals surface area contributed by atoms with E-state index in [0.29, 0.717) is 22.0 Å². The number of carbonyl (C=O) groups excluding carboxylic acids is 3. The van der Waals surface area contributed by atoms with Crippen molar-refractivity contribution < 1.29 is 14.4 Å². The number of fused-ring (bicyclic) bond motifs is 1. The lowest BCUT2D eigenvalue weighted by Crippen LogP contribution is -2.28. The number of pyridine rings is 1. The zero-order valence-corrected chi connectivity index (χ0v) is 14.9. The largest absolute Gasteiger partial charge is 0.321 e. The van der Waals surface area contributed by atoms with Crippen molar-refractivity contribution in [2.24, 2.45) is 0 Å². The molecule has 4 rings (SSSR count). The first-order valence-electron chi connectivity index (χ1n) is 8.34. The van der Waals surface area contributed by atoms with E-state index < -0.39 is 0 Å². The minimum atomic E-state index is -0.312. The summed E-state index contributed by atoms with van der Waals surface area (Å²) < 4.78 is 0. The number of imide groups is 1. The Morgan fingerprint density at radius 2 is 1.70 bits per heavy atom. The number of anilines is 2. The van der Waals surface area contributed by atoms with Gasteiger partial charge in [-0.1, -0.05) is 11.6 Å². The van der Waals surface area contributed by atoms with Crippen LogP contribution in [-0.2, 0) is 9.59 Å². The molecule has 1 aliphatic heterocycles. The van der Waals surface area contributed by atoms with Crippen molar-refractivity contribution in [1.82, 2.24) is 4.98 Å². The van der Waals surface area contributed by atoms with Gasteiger partial charge in [-0.05, 0) is 48.5 Å². The summed E-state index contributed by atoms with van der Waals surface area (Å²) in [5.41, 5.74) is 2.20. The van der Waals surface area contributed by atoms with Gasteiger partial charge < -0.3 is 5.32 Å². The van der Waals surface area contributed by atoms with Gasteiger partial charge in [0.25, 0.3) is 5.91 Å². The quantitative estimate of drug-likeness (QED) is 0.702. The molecule has 3 amide bonds. The molecule has 0 spiro atoms. The first kappa shape index (κ1) is 17.2. The second kappa shape index (κ2) is 6.81. The van der Waals surface area contributed by atoms with Crippen LogP contribution in [0.4, 0.5) is 11.4 Å². The van der Waals surface area contributed by atoms with E-state index >= 15 is 0 Å². The van der Waals surface area contributed by atoms with Gasteiger partial charge in [-0.2, -0.15) is 0 Å². The van der Waals surface area contributed by atoms with Crippen molar-refractivity contribution in [2.75, 3.05) is 10.2 Å². The number of rotatable bonds is 3. The highest BCUT2D eigenvalue weighted by Gasteiger charge is 2.30. The summed E-state index contributed by atoms with van der Waals surface area (Å²) in [5.74, 6) is -0.761. The second-order valence-corrected chi connectivity index (χ2v) is 6.58. The van der Waals surface area contributed by atoms with Crippen LogP contribution >= 0.6 is 11.6 Å². The Kier molecular flexibility index (Phi) is 4.33. The summed E-state index contributed by atoms with van der Waals surface area (Å²) in [5, 5.41) is 4.14. The van der Waals surface area contributed by atoms with Crippen LogP contribution in [0, 0.1) is 0 Å². The van der Waals surface area contributed by atoms with E-state index in [2.05, 4.69) is 10.3 Å². The number of hydrogen-bond donors (Lipinski definition) is 1. The number of amides is 3. The summed E-state index contributed by atoms with van der Waals surface area (Å²) in [6.07, 6.45) is 2.05. The van der Waals surface area contributed by atoms with E-state index in [1.54, 1.807) is 54.7 Å². The molecule has 0 saturated carbocycles. The predicted molar refractivity (Wildman–Crippen MR) is 103 cm³/mol. The predicted octanol–water partition coefficient (Wildman–Crippen LogP) is 3.79. The highest BCUT2D eigenvalue weighted by atomic mass is 35.5. The Morgan fingerprint density at radius 3 is 2.41 bits per heavy atom. The Hall–Kier alpha value is -3.25. The topological polar surface area (TPSA) is 79.4 Å². The lowest BCUT2D eigenvalue weighted by molar-refractivity contribution is -0.121. The Labute approximate surface area is 159 Å². The first-order valence-corrected chi connectivity index (χ1v) is 8.72. The summed E-state index contributed by atoms with van der Waals surface area (Å²) in [6, 6.07) is 13.3. The molecule has 1 aliphatic rings. The third kappa shape index (κ3) is 3.27. The van der Waals surface area contributed by atoms with Crippen LogP contribution in [0.1, 0.15) is 23.2 Å². The Balaban J connectivity index is 1.58. The van der Waals surface area contributed by atoms with Gasteiger partial charge in [-0.25, -0.2) is 0 Å². The van der Waals surface area contributed by atoms with Gasteiger partial charge in [0.15, 0.2) is 0 Å². The molecule has 7 heteroatoms. The molecular formula is C20H14ClN3O3. The molecule has 134 valence electrons. The fourth-order valence-electron chi connectivity index (χ4n) is 3.05. The fraction of sp³-hybridized carbons (Fsp3) is 0.100. The molecule has 1 saturated heterocycles. The maximum absolute atomic E-state index is 12.6. The maximum atomic E-state index is 12.6. The third-order valence-electron chi connectivity index (χ3n) is 4.39. The molecule has 0 bridgehead atoms. The van der Waals surface area contributed by atoms with Crippen molar-refractivity contribution in [1.29, 1.82) is 0 Å². The Morgan fingerprint density at radius 1 is 1.00 bits per heavy atom. The van der Waals surface area contributed by atoms with Crippen molar-refractivity contribution in [2.45, 2.75) is 12.8 Å². The average Bonchev–Trinajstić information content (AvgIpc) is 3.00. The van der Waals surface area contributed by atoms with Gasteiger partial charge in [0.05, 0.1) is 16.9 Å². The lowest BCUT2D eigenvalue weighted by Gasteiger charge is -2.14. The summed E-state index contributed by atoms with van der Waals surface area (Å²) in [7, 11) is 0. The first-order chi connectivity index (χ1) is 13.0. The Bertz CT molecular complexity index is 1060. The van der Waals surface area contributed by atoms with Gasteiger partial charge in [-0.3, -0.25) is 24.3 Å². The molecule has 27 heavy (non-hydrogen) atoms. The van der Waals surface area contributed by atoms with E-state index in [9.17, 15) is 14.4 Å². The molecule has 1 N–H and O–H groups in total. The summed E-state index contributed by atoms with van der Waals surface area (Å²) in [4.78, 5) is 41.6. The van der Waals surface area contributed by atoms with E-state index in [0.717, 1.165) is 15.8 Å². The summed E-state index contributed by atoms with van der Waals surface area (Å²) in [6.45, 7) is 0. The van der Waals surface area contributed by atoms with Crippen LogP contribution in [0.25, 0.3) is 10.9 Å². The van der Waals surface area contributed by atoms with E-state index in [-0.39, 0.29) is 30.6 Å². The highest BCUT2D eigenvalue weighted by Crippen LogP contribution is 2.26. The standard InChI is InChI=1S/C20H14ClN3O3/c21-13-3-6-16-15(11-13)17(9-10-22-16)23-20(27)12-1-4-14(5-2-12)24-18(25)7-8-19(24)26/h1-6,9-11H,7-8H2,(H,22,23,27). The number of nitrogens with one attached hydrogen (secondary N) is 1. The van der Waals surface area contributed by atoms with Crippen molar-refractivity contribution >= 4 is 51.6 Å². The molecule has 0 unspecified atom stereocenters. The van der Waals surface area contributed by atoms with Crippen LogP contribution in [0.15, 0.2) is 54.7 Å². The van der Waals surface area contributed by atoms with Crippen LogP contribution in [0.2, 0.25) is 5.02 Å². The van der Waals surface area contributed by atoms with Gasteiger partial charge >= 0.3 is 0 Å². The number of halogens is 1. The van der Waals surface area contributed by atoms with Gasteiger partial charge in [0.2, 0.25) is 11.8 Å². The molecule has 1 fully saturated rings. The number of hydrogen-bond acceptors (Lipinski definition) is 4. The van der Waals surface area contributed by atoms with E-state index in [1.165, 1.54) is 0 Å². The molecule has 2 heterocycles. The summed E-state index contributed by atoms with van der Waals surface area (Å²) >= 11 is 6.05. The lowest BCUT2D eigenvalue weighted by atomic mass is 10.1. The van der Waals surface area contributed by atoms with Crippen molar-refractivity contribution in [3.05, 3.63) is 65.3 Å². The van der Waals surface area contributed by atoms with Gasteiger partial charge in [0, 0.05) is 35.0 Å². The van der Waals surface area contributed by atoms with E-state index in [4.69, 9.17) is 11.6 Å². The fourth-order valence-corrected chi connectivity index (χ4v) is 3.22. The zero-order valence-electron chi connectivity index (χ0n) is 14.1. The average molecular weight is 380 g/mol. The van der Waals surface area contributed by atoms with Crippen LogP contribution < -0.4 is 10.2 Å². The zero-order chi connectivity index (χ0) is 19.0. The normalized spacial score (nSPS) is 14.0. The number of benzene rings is 2. The molecule has 0 radical (unpaired) electrons. The monoisotopic (exact) mass is 379 g/mol. The molecule has 0 atom stereocenters. The molecule has 2 aromatic carbocycles. The van der Waals surface area contributed by atoms with Gasteiger partial charge in [0.1, 0.15) is 0 Å². The van der Waals surface area contributed by atoms with Crippen LogP contribution in [-0.4, -0.2) is 22.7 Å². The molecule has 1 aromatic heterocycles. The molecular weight excluding hydrogens is 366 g/mol. The minimum absolute atomic E-state index is 0.221. The maximum Gasteiger partial charge on any atom is 0.255 e. The smallest absolute Gasteiger partial charge is 0.255 e. The van der Waals surface area contributed by atoms with Crippen LogP contribution in [0.3, 0.4) is 0 Å². The minimum Gasteiger partial charge on any atom is -0.321 e. The SMILES string of the molecule is O=C(Nc1ccnc2ccc(Cl)cc12)c1ccc(N2C(=O)CCC2=O)cc1. The molecule has 3 aromatic rings. The second-order valence-electron chi connectivity index (χ2n) is 6.14. The highest BCUT2D eigenvalue weighted by molar-refractivity contribution is 6.31. The molecule has 0 aliphatic carbocycles. The van der Waals surface area contributed by atoms with Gasteiger partial charge in [-0.15, -0.1) is 0 Å². The number of aromatic nitrogens is 1.